The molecule has 0 unspecified atom stereocenters. The van der Waals surface area contributed by atoms with E-state index in [1.165, 1.54) is 0 Å². The van der Waals surface area contributed by atoms with Crippen LogP contribution in [-0.4, -0.2) is 18.0 Å². The number of imidazole rings is 1. The van der Waals surface area contributed by atoms with E-state index in [2.05, 4.69) is 30.2 Å². The van der Waals surface area contributed by atoms with Gasteiger partial charge in [-0.3, -0.25) is 4.72 Å². The second kappa shape index (κ2) is 6.31. The van der Waals surface area contributed by atoms with Crippen molar-refractivity contribution in [2.75, 3.05) is 4.72 Å². The van der Waals surface area contributed by atoms with Crippen LogP contribution >= 0.6 is 15.9 Å². The van der Waals surface area contributed by atoms with Crippen molar-refractivity contribution in [1.29, 1.82) is 0 Å². The van der Waals surface area contributed by atoms with Gasteiger partial charge >= 0.3 is 0 Å². The van der Waals surface area contributed by atoms with E-state index in [1.54, 1.807) is 30.3 Å². The Labute approximate surface area is 154 Å². The van der Waals surface area contributed by atoms with Crippen LogP contribution in [0.2, 0.25) is 0 Å². The summed E-state index contributed by atoms with van der Waals surface area (Å²) in [7, 11) is -3.62. The Morgan fingerprint density at radius 2 is 1.92 bits per heavy atom. The number of hydrogen-bond acceptors (Lipinski definition) is 3. The molecule has 0 bridgehead atoms. The number of aromatic nitrogens is 2. The first-order chi connectivity index (χ1) is 12.0. The van der Waals surface area contributed by atoms with E-state index in [-0.39, 0.29) is 4.90 Å². The summed E-state index contributed by atoms with van der Waals surface area (Å²) in [5.74, 6) is 1.09. The van der Waals surface area contributed by atoms with Crippen molar-refractivity contribution >= 4 is 31.6 Å². The predicted molar refractivity (Wildman–Crippen MR) is 101 cm³/mol. The van der Waals surface area contributed by atoms with Crippen LogP contribution in [0.25, 0.3) is 11.3 Å². The molecule has 0 radical (unpaired) electrons. The smallest absolute Gasteiger partial charge is 0.261 e. The molecule has 4 rings (SSSR count). The summed E-state index contributed by atoms with van der Waals surface area (Å²) in [5, 5.41) is 0. The highest BCUT2D eigenvalue weighted by molar-refractivity contribution is 9.10. The number of anilines is 1. The minimum atomic E-state index is -3.62. The largest absolute Gasteiger partial charge is 0.328 e. The van der Waals surface area contributed by atoms with E-state index in [0.29, 0.717) is 5.69 Å². The molecule has 0 atom stereocenters. The fourth-order valence-corrected chi connectivity index (χ4v) is 4.37. The lowest BCUT2D eigenvalue weighted by Crippen LogP contribution is -2.12. The Hall–Kier alpha value is -2.12. The maximum atomic E-state index is 12.6. The second-order valence-corrected chi connectivity index (χ2v) is 8.55. The maximum Gasteiger partial charge on any atom is 0.261 e. The quantitative estimate of drug-likeness (QED) is 0.695. The Morgan fingerprint density at radius 3 is 2.72 bits per heavy atom. The molecule has 1 aliphatic rings. The Morgan fingerprint density at radius 1 is 1.12 bits per heavy atom. The highest BCUT2D eigenvalue weighted by Gasteiger charge is 2.18. The lowest BCUT2D eigenvalue weighted by Gasteiger charge is -2.10. The van der Waals surface area contributed by atoms with Gasteiger partial charge in [0.1, 0.15) is 5.82 Å². The number of sulfonamides is 1. The Kier molecular flexibility index (Phi) is 4.13. The molecule has 0 saturated carbocycles. The molecule has 128 valence electrons. The van der Waals surface area contributed by atoms with Gasteiger partial charge in [-0.05, 0) is 42.8 Å². The lowest BCUT2D eigenvalue weighted by molar-refractivity contribution is 0.601. The van der Waals surface area contributed by atoms with Crippen molar-refractivity contribution in [2.45, 2.75) is 24.3 Å². The molecule has 3 aromatic rings. The number of aryl methyl sites for hydroxylation is 1. The van der Waals surface area contributed by atoms with Gasteiger partial charge in [-0.1, -0.05) is 28.1 Å². The van der Waals surface area contributed by atoms with Crippen LogP contribution < -0.4 is 4.72 Å². The normalized spacial score (nSPS) is 13.6. The molecule has 2 heterocycles. The van der Waals surface area contributed by atoms with Crippen LogP contribution in [0, 0.1) is 0 Å². The average molecular weight is 418 g/mol. The summed E-state index contributed by atoms with van der Waals surface area (Å²) in [6, 6.07) is 14.0. The summed E-state index contributed by atoms with van der Waals surface area (Å²) in [4.78, 5) is 4.68. The van der Waals surface area contributed by atoms with E-state index in [4.69, 9.17) is 0 Å². The molecule has 5 nitrogen and oxygen atoms in total. The Bertz CT molecular complexity index is 1030. The van der Waals surface area contributed by atoms with Gasteiger partial charge in [0, 0.05) is 28.7 Å². The standard InChI is InChI=1S/C18H16BrN3O2S/c19-14-6-8-16(9-7-14)25(23,24)21-15-4-1-3-13(11-15)17-12-20-18-5-2-10-22(17)18/h1,3-4,6-9,11-12,21H,2,5,10H2. The third-order valence-corrected chi connectivity index (χ3v) is 6.18. The summed E-state index contributed by atoms with van der Waals surface area (Å²) >= 11 is 3.31. The van der Waals surface area contributed by atoms with E-state index in [1.807, 2.05) is 24.4 Å². The van der Waals surface area contributed by atoms with Gasteiger partial charge in [-0.25, -0.2) is 13.4 Å². The topological polar surface area (TPSA) is 64.0 Å². The van der Waals surface area contributed by atoms with Crippen LogP contribution in [0.4, 0.5) is 5.69 Å². The van der Waals surface area contributed by atoms with Crippen LogP contribution in [0.1, 0.15) is 12.2 Å². The first-order valence-corrected chi connectivity index (χ1v) is 10.2. The van der Waals surface area contributed by atoms with Gasteiger partial charge in [0.2, 0.25) is 0 Å². The van der Waals surface area contributed by atoms with Crippen molar-refractivity contribution in [3.05, 3.63) is 65.0 Å². The summed E-state index contributed by atoms with van der Waals surface area (Å²) in [5.41, 5.74) is 2.52. The molecule has 7 heteroatoms. The molecule has 0 fully saturated rings. The third kappa shape index (κ3) is 3.21. The van der Waals surface area contributed by atoms with Gasteiger partial charge in [0.25, 0.3) is 10.0 Å². The fraction of sp³-hybridized carbons (Fsp3) is 0.167. The van der Waals surface area contributed by atoms with Gasteiger partial charge in [-0.15, -0.1) is 0 Å². The summed E-state index contributed by atoms with van der Waals surface area (Å²) in [6.07, 6.45) is 3.96. The third-order valence-electron chi connectivity index (χ3n) is 4.25. The van der Waals surface area contributed by atoms with Gasteiger partial charge in [-0.2, -0.15) is 0 Å². The number of nitrogens with zero attached hydrogens (tertiary/aromatic N) is 2. The molecular formula is C18H16BrN3O2S. The monoisotopic (exact) mass is 417 g/mol. The fourth-order valence-electron chi connectivity index (χ4n) is 3.06. The van der Waals surface area contributed by atoms with Crippen molar-refractivity contribution < 1.29 is 8.42 Å². The first-order valence-electron chi connectivity index (χ1n) is 7.96. The zero-order valence-corrected chi connectivity index (χ0v) is 15.7. The van der Waals surface area contributed by atoms with E-state index in [0.717, 1.165) is 40.9 Å². The van der Waals surface area contributed by atoms with Crippen molar-refractivity contribution in [3.63, 3.8) is 0 Å². The zero-order valence-electron chi connectivity index (χ0n) is 13.3. The van der Waals surface area contributed by atoms with Gasteiger partial charge in [0.05, 0.1) is 16.8 Å². The highest BCUT2D eigenvalue weighted by Crippen LogP contribution is 2.28. The van der Waals surface area contributed by atoms with Gasteiger partial charge in [0.15, 0.2) is 0 Å². The second-order valence-electron chi connectivity index (χ2n) is 5.96. The number of hydrogen-bond donors (Lipinski definition) is 1. The minimum absolute atomic E-state index is 0.228. The molecule has 2 aromatic carbocycles. The summed E-state index contributed by atoms with van der Waals surface area (Å²) in [6.45, 7) is 0.958. The Balaban J connectivity index is 1.64. The van der Waals surface area contributed by atoms with E-state index in [9.17, 15) is 8.42 Å². The molecule has 0 saturated heterocycles. The maximum absolute atomic E-state index is 12.6. The number of nitrogens with one attached hydrogen (secondary N) is 1. The number of benzene rings is 2. The van der Waals surface area contributed by atoms with Crippen LogP contribution in [0.15, 0.2) is 64.1 Å². The van der Waals surface area contributed by atoms with E-state index < -0.39 is 10.0 Å². The van der Waals surface area contributed by atoms with Crippen molar-refractivity contribution in [3.8, 4) is 11.3 Å². The molecule has 0 aliphatic carbocycles. The average Bonchev–Trinajstić information content (AvgIpc) is 3.18. The molecular weight excluding hydrogens is 402 g/mol. The van der Waals surface area contributed by atoms with E-state index >= 15 is 0 Å². The van der Waals surface area contributed by atoms with Gasteiger partial charge < -0.3 is 4.57 Å². The SMILES string of the molecule is O=S(=O)(Nc1cccc(-c2cnc3n2CCC3)c1)c1ccc(Br)cc1. The molecule has 1 aliphatic heterocycles. The molecule has 0 spiro atoms. The van der Waals surface area contributed by atoms with Crippen LogP contribution in [-0.2, 0) is 23.0 Å². The lowest BCUT2D eigenvalue weighted by atomic mass is 10.1. The van der Waals surface area contributed by atoms with Crippen LogP contribution in [0.5, 0.6) is 0 Å². The molecule has 1 N–H and O–H groups in total. The zero-order chi connectivity index (χ0) is 17.4. The number of halogens is 1. The van der Waals surface area contributed by atoms with Crippen LogP contribution in [0.3, 0.4) is 0 Å². The molecule has 0 amide bonds. The highest BCUT2D eigenvalue weighted by atomic mass is 79.9. The van der Waals surface area contributed by atoms with Crippen molar-refractivity contribution in [1.82, 2.24) is 9.55 Å². The predicted octanol–water partition coefficient (Wildman–Crippen LogP) is 4.06. The molecule has 1 aromatic heterocycles. The number of fused-ring (bicyclic) bond motifs is 1. The summed E-state index contributed by atoms with van der Waals surface area (Å²) < 4.78 is 30.8. The first kappa shape index (κ1) is 16.4. The van der Waals surface area contributed by atoms with Crippen molar-refractivity contribution in [2.24, 2.45) is 0 Å². The minimum Gasteiger partial charge on any atom is -0.328 e. The number of rotatable bonds is 4. The molecule has 25 heavy (non-hydrogen) atoms.